The molecular weight excluding hydrogens is 360 g/mol. The minimum Gasteiger partial charge on any atom is -0.479 e. The van der Waals surface area contributed by atoms with Gasteiger partial charge in [0.25, 0.3) is 6.47 Å². The fourth-order valence-corrected chi connectivity index (χ4v) is 2.76. The predicted octanol–water partition coefficient (Wildman–Crippen LogP) is -0.0719. The van der Waals surface area contributed by atoms with Gasteiger partial charge in [0.05, 0.1) is 0 Å². The van der Waals surface area contributed by atoms with Crippen molar-refractivity contribution < 1.29 is 44.2 Å². The van der Waals surface area contributed by atoms with Gasteiger partial charge in [-0.25, -0.2) is 4.79 Å². The van der Waals surface area contributed by atoms with E-state index in [1.807, 2.05) is 20.8 Å². The fraction of sp³-hybridized carbons (Fsp3) is 0.556. The van der Waals surface area contributed by atoms with E-state index in [0.29, 0.717) is 23.3 Å². The van der Waals surface area contributed by atoms with Gasteiger partial charge in [0.1, 0.15) is 30.7 Å². The summed E-state index contributed by atoms with van der Waals surface area (Å²) in [5, 5.41) is 38.9. The normalized spacial score (nSPS) is 28.4. The number of carboxylic acid groups (broad SMARTS) is 1. The lowest BCUT2D eigenvalue weighted by molar-refractivity contribution is -0.271. The molecule has 150 valence electrons. The van der Waals surface area contributed by atoms with Crippen LogP contribution in [0.2, 0.25) is 0 Å². The summed E-state index contributed by atoms with van der Waals surface area (Å²) in [6, 6.07) is 4.98. The standard InChI is InChI=1S/C18H24O9/c1-18(2,3)10-6-9(7-25-8-19)4-5-11(10)26-17-14(22)12(20)13(21)15(27-17)16(23)24/h4-6,8,12-15,17,20-22H,7H2,1-3H3,(H,23,24)/t12-,13-,14-,15?,17?/m0/s1. The second-order valence-electron chi connectivity index (χ2n) is 7.34. The lowest BCUT2D eigenvalue weighted by Crippen LogP contribution is -2.61. The van der Waals surface area contributed by atoms with Gasteiger partial charge in [0.15, 0.2) is 6.10 Å². The van der Waals surface area contributed by atoms with Crippen molar-refractivity contribution in [2.75, 3.05) is 0 Å². The average Bonchev–Trinajstić information content (AvgIpc) is 2.59. The predicted molar refractivity (Wildman–Crippen MR) is 90.9 cm³/mol. The van der Waals surface area contributed by atoms with Crippen LogP contribution in [-0.4, -0.2) is 63.6 Å². The quantitative estimate of drug-likeness (QED) is 0.496. The van der Waals surface area contributed by atoms with Crippen LogP contribution in [0.4, 0.5) is 0 Å². The second kappa shape index (κ2) is 8.22. The van der Waals surface area contributed by atoms with Crippen molar-refractivity contribution in [3.8, 4) is 5.75 Å². The number of carbonyl (C=O) groups is 2. The minimum absolute atomic E-state index is 0.0708. The van der Waals surface area contributed by atoms with Gasteiger partial charge in [-0.1, -0.05) is 26.8 Å². The van der Waals surface area contributed by atoms with Crippen LogP contribution >= 0.6 is 0 Å². The lowest BCUT2D eigenvalue weighted by atomic mass is 9.85. The Balaban J connectivity index is 2.31. The molecule has 5 atom stereocenters. The number of rotatable bonds is 6. The Labute approximate surface area is 156 Å². The van der Waals surface area contributed by atoms with Crippen LogP contribution in [0.15, 0.2) is 18.2 Å². The van der Waals surface area contributed by atoms with Crippen molar-refractivity contribution in [3.63, 3.8) is 0 Å². The fourth-order valence-electron chi connectivity index (χ4n) is 2.76. The molecule has 2 unspecified atom stereocenters. The molecule has 4 N–H and O–H groups in total. The number of aliphatic hydroxyl groups excluding tert-OH is 3. The molecule has 9 nitrogen and oxygen atoms in total. The van der Waals surface area contributed by atoms with Gasteiger partial charge >= 0.3 is 5.97 Å². The zero-order chi connectivity index (χ0) is 20.4. The van der Waals surface area contributed by atoms with Gasteiger partial charge in [0.2, 0.25) is 6.29 Å². The summed E-state index contributed by atoms with van der Waals surface area (Å²) in [5.41, 5.74) is 0.998. The van der Waals surface area contributed by atoms with E-state index in [-0.39, 0.29) is 6.61 Å². The summed E-state index contributed by atoms with van der Waals surface area (Å²) in [4.78, 5) is 21.6. The molecule has 0 radical (unpaired) electrons. The monoisotopic (exact) mass is 384 g/mol. The SMILES string of the molecule is CC(C)(C)c1cc(COC=O)ccc1OC1OC(C(=O)O)[C@@H](O)[C@H](O)[C@@H]1O. The van der Waals surface area contributed by atoms with Gasteiger partial charge in [-0.15, -0.1) is 0 Å². The van der Waals surface area contributed by atoms with Gasteiger partial charge in [-0.3, -0.25) is 4.79 Å². The van der Waals surface area contributed by atoms with E-state index in [2.05, 4.69) is 0 Å². The molecule has 1 aliphatic rings. The summed E-state index contributed by atoms with van der Waals surface area (Å²) in [6.45, 7) is 6.15. The van der Waals surface area contributed by atoms with Crippen LogP contribution < -0.4 is 4.74 Å². The van der Waals surface area contributed by atoms with Crippen LogP contribution in [0.3, 0.4) is 0 Å². The van der Waals surface area contributed by atoms with Crippen LogP contribution in [0, 0.1) is 0 Å². The Morgan fingerprint density at radius 2 is 1.85 bits per heavy atom. The van der Waals surface area contributed by atoms with Gasteiger partial charge < -0.3 is 34.6 Å². The van der Waals surface area contributed by atoms with E-state index >= 15 is 0 Å². The Morgan fingerprint density at radius 3 is 2.41 bits per heavy atom. The summed E-state index contributed by atoms with van der Waals surface area (Å²) >= 11 is 0. The van der Waals surface area contributed by atoms with Crippen LogP contribution in [-0.2, 0) is 31.1 Å². The van der Waals surface area contributed by atoms with E-state index < -0.39 is 42.1 Å². The Morgan fingerprint density at radius 1 is 1.19 bits per heavy atom. The number of benzene rings is 1. The molecule has 0 aromatic heterocycles. The Kier molecular flexibility index (Phi) is 6.42. The highest BCUT2D eigenvalue weighted by Gasteiger charge is 2.48. The van der Waals surface area contributed by atoms with E-state index in [4.69, 9.17) is 19.3 Å². The van der Waals surface area contributed by atoms with E-state index in [1.165, 1.54) is 0 Å². The number of hydrogen-bond acceptors (Lipinski definition) is 8. The molecule has 1 heterocycles. The Bertz CT molecular complexity index is 682. The summed E-state index contributed by atoms with van der Waals surface area (Å²) in [6.07, 6.45) is -8.43. The van der Waals surface area contributed by atoms with E-state index in [0.717, 1.165) is 0 Å². The number of aliphatic hydroxyl groups is 3. The van der Waals surface area contributed by atoms with Crippen LogP contribution in [0.25, 0.3) is 0 Å². The highest BCUT2D eigenvalue weighted by molar-refractivity contribution is 5.73. The highest BCUT2D eigenvalue weighted by atomic mass is 16.7. The van der Waals surface area contributed by atoms with Crippen molar-refractivity contribution in [2.45, 2.75) is 63.5 Å². The summed E-state index contributed by atoms with van der Waals surface area (Å²) < 4.78 is 15.6. The lowest BCUT2D eigenvalue weighted by Gasteiger charge is -2.39. The van der Waals surface area contributed by atoms with Crippen molar-refractivity contribution in [1.29, 1.82) is 0 Å². The molecule has 1 aliphatic heterocycles. The number of hydrogen-bond donors (Lipinski definition) is 4. The molecule has 2 rings (SSSR count). The van der Waals surface area contributed by atoms with Crippen molar-refractivity contribution in [2.24, 2.45) is 0 Å². The molecule has 9 heteroatoms. The molecule has 27 heavy (non-hydrogen) atoms. The highest BCUT2D eigenvalue weighted by Crippen LogP contribution is 2.34. The summed E-state index contributed by atoms with van der Waals surface area (Å²) in [5.74, 6) is -1.19. The first-order valence-corrected chi connectivity index (χ1v) is 8.34. The molecule has 1 saturated heterocycles. The Hall–Kier alpha value is -2.20. The average molecular weight is 384 g/mol. The van der Waals surface area contributed by atoms with Gasteiger partial charge in [-0.2, -0.15) is 0 Å². The number of carboxylic acids is 1. The first-order chi connectivity index (χ1) is 12.6. The molecule has 0 saturated carbocycles. The molecule has 0 bridgehead atoms. The van der Waals surface area contributed by atoms with E-state index in [9.17, 15) is 24.9 Å². The zero-order valence-corrected chi connectivity index (χ0v) is 15.2. The zero-order valence-electron chi connectivity index (χ0n) is 15.2. The van der Waals surface area contributed by atoms with Crippen LogP contribution in [0.5, 0.6) is 5.75 Å². The maximum atomic E-state index is 11.2. The second-order valence-corrected chi connectivity index (χ2v) is 7.34. The van der Waals surface area contributed by atoms with Gasteiger partial charge in [0, 0.05) is 5.56 Å². The van der Waals surface area contributed by atoms with Crippen molar-refractivity contribution in [3.05, 3.63) is 29.3 Å². The third-order valence-corrected chi connectivity index (χ3v) is 4.23. The largest absolute Gasteiger partial charge is 0.479 e. The molecule has 1 fully saturated rings. The third-order valence-electron chi connectivity index (χ3n) is 4.23. The number of aliphatic carboxylic acids is 1. The van der Waals surface area contributed by atoms with Gasteiger partial charge in [-0.05, 0) is 23.1 Å². The third kappa shape index (κ3) is 4.75. The van der Waals surface area contributed by atoms with Crippen molar-refractivity contribution >= 4 is 12.4 Å². The molecule has 1 aromatic rings. The molecule has 0 amide bonds. The topological polar surface area (TPSA) is 143 Å². The molecule has 1 aromatic carbocycles. The number of carbonyl (C=O) groups excluding carboxylic acids is 1. The van der Waals surface area contributed by atoms with Crippen LogP contribution in [0.1, 0.15) is 31.9 Å². The summed E-state index contributed by atoms with van der Waals surface area (Å²) in [7, 11) is 0. The maximum absolute atomic E-state index is 11.2. The molecule has 0 aliphatic carbocycles. The molecule has 0 spiro atoms. The van der Waals surface area contributed by atoms with E-state index in [1.54, 1.807) is 18.2 Å². The smallest absolute Gasteiger partial charge is 0.335 e. The first-order valence-electron chi connectivity index (χ1n) is 8.34. The molecular formula is C18H24O9. The minimum atomic E-state index is -1.79. The van der Waals surface area contributed by atoms with Crippen molar-refractivity contribution in [1.82, 2.24) is 0 Å². The number of ether oxygens (including phenoxy) is 3. The first kappa shape index (κ1) is 21.1. The maximum Gasteiger partial charge on any atom is 0.335 e.